The van der Waals surface area contributed by atoms with Crippen LogP contribution in [-0.2, 0) is 16.0 Å². The van der Waals surface area contributed by atoms with E-state index in [-0.39, 0.29) is 24.3 Å². The summed E-state index contributed by atoms with van der Waals surface area (Å²) < 4.78 is 16.3. The predicted octanol–water partition coefficient (Wildman–Crippen LogP) is 5.45. The third kappa shape index (κ3) is 7.59. The molecule has 1 aliphatic carbocycles. The molecule has 1 unspecified atom stereocenters. The largest absolute Gasteiger partial charge is 0.497 e. The van der Waals surface area contributed by atoms with Gasteiger partial charge in [0.2, 0.25) is 5.89 Å². The van der Waals surface area contributed by atoms with Crippen LogP contribution in [0, 0.1) is 5.92 Å². The van der Waals surface area contributed by atoms with Crippen molar-refractivity contribution < 1.29 is 23.5 Å². The van der Waals surface area contributed by atoms with E-state index in [1.54, 1.807) is 7.11 Å². The van der Waals surface area contributed by atoms with Gasteiger partial charge in [0.15, 0.2) is 5.69 Å². The van der Waals surface area contributed by atoms with E-state index in [0.717, 1.165) is 61.6 Å². The van der Waals surface area contributed by atoms with E-state index in [4.69, 9.17) is 13.9 Å². The first-order chi connectivity index (χ1) is 18.6. The van der Waals surface area contributed by atoms with Crippen molar-refractivity contribution in [1.29, 1.82) is 0 Å². The summed E-state index contributed by atoms with van der Waals surface area (Å²) in [5, 5.41) is 3.02. The van der Waals surface area contributed by atoms with Crippen molar-refractivity contribution >= 4 is 11.9 Å². The number of amides is 1. The van der Waals surface area contributed by atoms with Crippen molar-refractivity contribution in [2.24, 2.45) is 5.92 Å². The number of aromatic nitrogens is 1. The summed E-state index contributed by atoms with van der Waals surface area (Å²) >= 11 is 0. The van der Waals surface area contributed by atoms with Gasteiger partial charge in [-0.3, -0.25) is 14.5 Å². The van der Waals surface area contributed by atoms with Gasteiger partial charge in [-0.1, -0.05) is 51.0 Å². The average molecular weight is 526 g/mol. The third-order valence-corrected chi connectivity index (χ3v) is 8.02. The molecule has 1 atom stereocenters. The van der Waals surface area contributed by atoms with Crippen LogP contribution < -0.4 is 10.1 Å². The highest BCUT2D eigenvalue weighted by Gasteiger charge is 2.32. The Bertz CT molecular complexity index is 1040. The van der Waals surface area contributed by atoms with E-state index in [0.29, 0.717) is 24.6 Å². The average Bonchev–Trinajstić information content (AvgIpc) is 3.66. The first-order valence-corrected chi connectivity index (χ1v) is 14.3. The monoisotopic (exact) mass is 525 g/mol. The second-order valence-corrected chi connectivity index (χ2v) is 10.6. The molecule has 0 spiro atoms. The van der Waals surface area contributed by atoms with Crippen molar-refractivity contribution in [1.82, 2.24) is 15.2 Å². The summed E-state index contributed by atoms with van der Waals surface area (Å²) in [5.41, 5.74) is 2.29. The number of esters is 1. The molecule has 208 valence electrons. The lowest BCUT2D eigenvalue weighted by Crippen LogP contribution is -2.28. The molecule has 0 bridgehead atoms. The van der Waals surface area contributed by atoms with Gasteiger partial charge in [-0.15, -0.1) is 0 Å². The Hall–Kier alpha value is -2.87. The molecule has 2 heterocycles. The first kappa shape index (κ1) is 28.1. The number of benzene rings is 1. The van der Waals surface area contributed by atoms with E-state index in [1.807, 2.05) is 18.2 Å². The fraction of sp³-hybridized carbons (Fsp3) is 0.633. The lowest BCUT2D eigenvalue weighted by molar-refractivity contribution is -0.140. The van der Waals surface area contributed by atoms with Crippen molar-refractivity contribution in [2.75, 3.05) is 33.9 Å². The van der Waals surface area contributed by atoms with Crippen LogP contribution in [0.3, 0.4) is 0 Å². The molecule has 1 saturated heterocycles. The van der Waals surface area contributed by atoms with E-state index >= 15 is 0 Å². The molecule has 2 aromatic rings. The van der Waals surface area contributed by atoms with Crippen LogP contribution in [0.15, 0.2) is 28.9 Å². The number of rotatable bonds is 13. The van der Waals surface area contributed by atoms with E-state index in [1.165, 1.54) is 51.9 Å². The Morgan fingerprint density at radius 1 is 1.11 bits per heavy atom. The Kier molecular flexibility index (Phi) is 10.6. The number of nitrogens with one attached hydrogen (secondary N) is 1. The van der Waals surface area contributed by atoms with Gasteiger partial charge >= 0.3 is 5.97 Å². The lowest BCUT2D eigenvalue weighted by Gasteiger charge is -2.27. The standard InChI is InChI=1S/C30H43N3O5/c1-36-24-15-13-23(14-16-27(34)37-2)25(20-24)28(33-18-8-9-19-33)30-32-26(21-38-30)29(35)31-17-7-6-12-22-10-4-3-5-11-22/h13,15,20-22,28H,3-12,14,16-19H2,1-2H3,(H,31,35). The van der Waals surface area contributed by atoms with Crippen molar-refractivity contribution in [2.45, 2.75) is 83.1 Å². The topological polar surface area (TPSA) is 93.9 Å². The van der Waals surface area contributed by atoms with Gasteiger partial charge in [0.1, 0.15) is 18.1 Å². The maximum absolute atomic E-state index is 12.9. The van der Waals surface area contributed by atoms with Crippen molar-refractivity contribution in [3.63, 3.8) is 0 Å². The highest BCUT2D eigenvalue weighted by atomic mass is 16.5. The number of aryl methyl sites for hydroxylation is 1. The second kappa shape index (κ2) is 14.3. The molecular weight excluding hydrogens is 482 g/mol. The molecule has 0 radical (unpaired) electrons. The number of carbonyl (C=O) groups is 2. The summed E-state index contributed by atoms with van der Waals surface area (Å²) in [6.45, 7) is 2.46. The smallest absolute Gasteiger partial charge is 0.305 e. The number of hydrogen-bond acceptors (Lipinski definition) is 7. The number of methoxy groups -OCH3 is 2. The molecule has 1 N–H and O–H groups in total. The first-order valence-electron chi connectivity index (χ1n) is 14.3. The number of oxazole rings is 1. The number of unbranched alkanes of at least 4 members (excludes halogenated alkanes) is 1. The number of carbonyl (C=O) groups excluding carboxylic acids is 2. The van der Waals surface area contributed by atoms with Gasteiger partial charge in [0.25, 0.3) is 5.91 Å². The highest BCUT2D eigenvalue weighted by Crippen LogP contribution is 2.36. The van der Waals surface area contributed by atoms with Crippen LogP contribution >= 0.6 is 0 Å². The van der Waals surface area contributed by atoms with Gasteiger partial charge in [-0.05, 0) is 68.0 Å². The Balaban J connectivity index is 1.44. The molecule has 1 amide bonds. The molecule has 1 aromatic carbocycles. The van der Waals surface area contributed by atoms with Gasteiger partial charge in [-0.25, -0.2) is 4.98 Å². The quantitative estimate of drug-likeness (QED) is 0.274. The maximum atomic E-state index is 12.9. The molecule has 1 aliphatic heterocycles. The predicted molar refractivity (Wildman–Crippen MR) is 145 cm³/mol. The summed E-state index contributed by atoms with van der Waals surface area (Å²) in [6, 6.07) is 5.62. The zero-order valence-electron chi connectivity index (χ0n) is 23.0. The van der Waals surface area contributed by atoms with Gasteiger partial charge in [-0.2, -0.15) is 0 Å². The van der Waals surface area contributed by atoms with Crippen LogP contribution in [0.4, 0.5) is 0 Å². The van der Waals surface area contributed by atoms with E-state index < -0.39 is 0 Å². The normalized spacial score (nSPS) is 17.3. The second-order valence-electron chi connectivity index (χ2n) is 10.6. The van der Waals surface area contributed by atoms with Crippen LogP contribution in [0.1, 0.15) is 104 Å². The molecule has 38 heavy (non-hydrogen) atoms. The van der Waals surface area contributed by atoms with E-state index in [9.17, 15) is 9.59 Å². The van der Waals surface area contributed by atoms with Gasteiger partial charge in [0.05, 0.1) is 14.2 Å². The van der Waals surface area contributed by atoms with Crippen LogP contribution in [0.2, 0.25) is 0 Å². The lowest BCUT2D eigenvalue weighted by atomic mass is 9.86. The maximum Gasteiger partial charge on any atom is 0.305 e. The molecule has 1 aromatic heterocycles. The SMILES string of the molecule is COC(=O)CCc1ccc(OC)cc1C(c1nc(C(=O)NCCCCC2CCCCC2)co1)N1CCCC1. The Morgan fingerprint density at radius 2 is 1.89 bits per heavy atom. The number of likely N-dealkylation sites (tertiary alicyclic amines) is 1. The van der Waals surface area contributed by atoms with Crippen molar-refractivity contribution in [3.8, 4) is 5.75 Å². The number of ether oxygens (including phenoxy) is 2. The van der Waals surface area contributed by atoms with E-state index in [2.05, 4.69) is 15.2 Å². The molecule has 8 heteroatoms. The van der Waals surface area contributed by atoms with Crippen LogP contribution in [0.5, 0.6) is 5.75 Å². The Morgan fingerprint density at radius 3 is 2.63 bits per heavy atom. The molecule has 4 rings (SSSR count). The summed E-state index contributed by atoms with van der Waals surface area (Å²) in [5.74, 6) is 1.63. The fourth-order valence-electron chi connectivity index (χ4n) is 5.85. The minimum Gasteiger partial charge on any atom is -0.497 e. The van der Waals surface area contributed by atoms with Crippen molar-refractivity contribution in [3.05, 3.63) is 47.2 Å². The molecule has 1 saturated carbocycles. The van der Waals surface area contributed by atoms with Gasteiger partial charge in [0, 0.05) is 13.0 Å². The zero-order valence-corrected chi connectivity index (χ0v) is 23.0. The van der Waals surface area contributed by atoms with Crippen LogP contribution in [0.25, 0.3) is 0 Å². The van der Waals surface area contributed by atoms with Crippen LogP contribution in [-0.4, -0.2) is 55.6 Å². The molecule has 2 aliphatic rings. The summed E-state index contributed by atoms with van der Waals surface area (Å²) in [4.78, 5) is 31.7. The molecule has 2 fully saturated rings. The molecule has 8 nitrogen and oxygen atoms in total. The highest BCUT2D eigenvalue weighted by molar-refractivity contribution is 5.91. The zero-order chi connectivity index (χ0) is 26.7. The fourth-order valence-corrected chi connectivity index (χ4v) is 5.85. The minimum absolute atomic E-state index is 0.200. The third-order valence-electron chi connectivity index (χ3n) is 8.02. The number of hydrogen-bond donors (Lipinski definition) is 1. The Labute approximate surface area is 226 Å². The number of nitrogens with zero attached hydrogens (tertiary/aromatic N) is 2. The summed E-state index contributed by atoms with van der Waals surface area (Å²) in [7, 11) is 3.04. The minimum atomic E-state index is -0.266. The van der Waals surface area contributed by atoms with Gasteiger partial charge < -0.3 is 19.2 Å². The molecular formula is C30H43N3O5. The summed E-state index contributed by atoms with van der Waals surface area (Å²) in [6.07, 6.45) is 14.7.